The number of amides is 2. The molecule has 5 heteroatoms. The SMILES string of the molecule is Cc1ccccc1CN(C(=O)COc1ccccc1)[C@H](Cc1ccccc1)C(=O)NC1CCCC1. The molecule has 2 amide bonds. The number of hydrogen-bond acceptors (Lipinski definition) is 3. The van der Waals surface area contributed by atoms with Crippen LogP contribution in [-0.2, 0) is 22.6 Å². The molecular formula is C30H34N2O3. The van der Waals surface area contributed by atoms with E-state index in [0.717, 1.165) is 42.4 Å². The number of carbonyl (C=O) groups is 2. The first-order valence-corrected chi connectivity index (χ1v) is 12.5. The second kappa shape index (κ2) is 12.2. The van der Waals surface area contributed by atoms with Crippen LogP contribution in [0.1, 0.15) is 42.4 Å². The number of nitrogens with one attached hydrogen (secondary N) is 1. The number of carbonyl (C=O) groups excluding carboxylic acids is 2. The number of aryl methyl sites for hydroxylation is 1. The average Bonchev–Trinajstić information content (AvgIpc) is 3.40. The third-order valence-corrected chi connectivity index (χ3v) is 6.68. The standard InChI is InChI=1S/C30H34N2O3/c1-23-12-8-9-15-25(23)21-32(29(33)22-35-27-18-6-3-7-19-27)28(20-24-13-4-2-5-14-24)30(34)31-26-16-10-11-17-26/h2-9,12-15,18-19,26,28H,10-11,16-17,20-22H2,1H3,(H,31,34)/t28-/m1/s1. The van der Waals surface area contributed by atoms with E-state index in [-0.39, 0.29) is 24.5 Å². The first kappa shape index (κ1) is 24.5. The summed E-state index contributed by atoms with van der Waals surface area (Å²) in [6, 6.07) is 26.8. The van der Waals surface area contributed by atoms with Gasteiger partial charge in [-0.3, -0.25) is 9.59 Å². The maximum atomic E-state index is 13.7. The Morgan fingerprint density at radius 3 is 2.23 bits per heavy atom. The molecule has 1 N–H and O–H groups in total. The van der Waals surface area contributed by atoms with Gasteiger partial charge < -0.3 is 15.0 Å². The van der Waals surface area contributed by atoms with Gasteiger partial charge in [0.25, 0.3) is 5.91 Å². The molecule has 0 aliphatic heterocycles. The van der Waals surface area contributed by atoms with Crippen molar-refractivity contribution < 1.29 is 14.3 Å². The fraction of sp³-hybridized carbons (Fsp3) is 0.333. The van der Waals surface area contributed by atoms with Crippen molar-refractivity contribution in [2.45, 2.75) is 57.7 Å². The molecular weight excluding hydrogens is 436 g/mol. The number of ether oxygens (including phenoxy) is 1. The van der Waals surface area contributed by atoms with Gasteiger partial charge in [0.1, 0.15) is 11.8 Å². The van der Waals surface area contributed by atoms with Gasteiger partial charge in [0.2, 0.25) is 5.91 Å². The Labute approximate surface area is 208 Å². The Bertz CT molecular complexity index is 1090. The van der Waals surface area contributed by atoms with Gasteiger partial charge in [0.05, 0.1) is 0 Å². The molecule has 0 unspecified atom stereocenters. The molecule has 0 radical (unpaired) electrons. The normalized spacial score (nSPS) is 14.3. The largest absolute Gasteiger partial charge is 0.484 e. The molecule has 0 bridgehead atoms. The molecule has 5 nitrogen and oxygen atoms in total. The summed E-state index contributed by atoms with van der Waals surface area (Å²) < 4.78 is 5.81. The molecule has 1 atom stereocenters. The molecule has 0 saturated heterocycles. The van der Waals surface area contributed by atoms with E-state index in [2.05, 4.69) is 5.32 Å². The Balaban J connectivity index is 1.61. The topological polar surface area (TPSA) is 58.6 Å². The van der Waals surface area contributed by atoms with E-state index < -0.39 is 6.04 Å². The summed E-state index contributed by atoms with van der Waals surface area (Å²) in [5.41, 5.74) is 3.13. The lowest BCUT2D eigenvalue weighted by Crippen LogP contribution is -2.53. The Kier molecular flexibility index (Phi) is 8.55. The lowest BCUT2D eigenvalue weighted by atomic mass is 10.0. The Hall–Kier alpha value is -3.60. The van der Waals surface area contributed by atoms with E-state index in [1.165, 1.54) is 0 Å². The predicted molar refractivity (Wildman–Crippen MR) is 138 cm³/mol. The van der Waals surface area contributed by atoms with E-state index >= 15 is 0 Å². The minimum Gasteiger partial charge on any atom is -0.484 e. The quantitative estimate of drug-likeness (QED) is 0.450. The summed E-state index contributed by atoms with van der Waals surface area (Å²) in [5, 5.41) is 3.24. The van der Waals surface area contributed by atoms with Gasteiger partial charge in [-0.1, -0.05) is 85.6 Å². The molecule has 0 spiro atoms. The van der Waals surface area contributed by atoms with Gasteiger partial charge in [-0.15, -0.1) is 0 Å². The van der Waals surface area contributed by atoms with Crippen LogP contribution in [0.2, 0.25) is 0 Å². The van der Waals surface area contributed by atoms with Crippen LogP contribution in [0.15, 0.2) is 84.9 Å². The van der Waals surface area contributed by atoms with Crippen molar-refractivity contribution in [3.8, 4) is 5.75 Å². The first-order chi connectivity index (χ1) is 17.1. The van der Waals surface area contributed by atoms with Crippen LogP contribution in [0.4, 0.5) is 0 Å². The highest BCUT2D eigenvalue weighted by atomic mass is 16.5. The molecule has 1 fully saturated rings. The smallest absolute Gasteiger partial charge is 0.261 e. The van der Waals surface area contributed by atoms with Crippen molar-refractivity contribution in [3.05, 3.63) is 102 Å². The minimum atomic E-state index is -0.635. The van der Waals surface area contributed by atoms with Crippen LogP contribution in [0.25, 0.3) is 0 Å². The molecule has 1 saturated carbocycles. The van der Waals surface area contributed by atoms with E-state index in [4.69, 9.17) is 4.74 Å². The van der Waals surface area contributed by atoms with Crippen LogP contribution in [0.3, 0.4) is 0 Å². The maximum Gasteiger partial charge on any atom is 0.261 e. The predicted octanol–water partition coefficient (Wildman–Crippen LogP) is 5.07. The van der Waals surface area contributed by atoms with Gasteiger partial charge >= 0.3 is 0 Å². The third-order valence-electron chi connectivity index (χ3n) is 6.68. The molecule has 1 aliphatic carbocycles. The molecule has 35 heavy (non-hydrogen) atoms. The molecule has 0 aromatic heterocycles. The summed E-state index contributed by atoms with van der Waals surface area (Å²) in [4.78, 5) is 29.0. The van der Waals surface area contributed by atoms with Crippen molar-refractivity contribution in [1.82, 2.24) is 10.2 Å². The minimum absolute atomic E-state index is 0.0950. The summed E-state index contributed by atoms with van der Waals surface area (Å²) >= 11 is 0. The second-order valence-electron chi connectivity index (χ2n) is 9.25. The lowest BCUT2D eigenvalue weighted by molar-refractivity contribution is -0.143. The van der Waals surface area contributed by atoms with E-state index in [1.807, 2.05) is 91.9 Å². The number of hydrogen-bond donors (Lipinski definition) is 1. The van der Waals surface area contributed by atoms with Crippen LogP contribution in [-0.4, -0.2) is 35.4 Å². The van der Waals surface area contributed by atoms with Crippen molar-refractivity contribution in [2.24, 2.45) is 0 Å². The molecule has 0 heterocycles. The van der Waals surface area contributed by atoms with Gasteiger partial charge in [0.15, 0.2) is 6.61 Å². The number of nitrogens with zero attached hydrogens (tertiary/aromatic N) is 1. The summed E-state index contributed by atoms with van der Waals surface area (Å²) in [5.74, 6) is 0.328. The fourth-order valence-electron chi connectivity index (χ4n) is 4.64. The Morgan fingerprint density at radius 1 is 0.914 bits per heavy atom. The number of rotatable bonds is 10. The molecule has 182 valence electrons. The maximum absolute atomic E-state index is 13.7. The second-order valence-corrected chi connectivity index (χ2v) is 9.25. The molecule has 1 aliphatic rings. The number of benzene rings is 3. The Morgan fingerprint density at radius 2 is 1.54 bits per heavy atom. The zero-order valence-corrected chi connectivity index (χ0v) is 20.4. The molecule has 3 aromatic rings. The molecule has 4 rings (SSSR count). The van der Waals surface area contributed by atoms with Crippen LogP contribution in [0.5, 0.6) is 5.75 Å². The highest BCUT2D eigenvalue weighted by Crippen LogP contribution is 2.21. The number of para-hydroxylation sites is 1. The van der Waals surface area contributed by atoms with Crippen molar-refractivity contribution in [1.29, 1.82) is 0 Å². The van der Waals surface area contributed by atoms with E-state index in [9.17, 15) is 9.59 Å². The van der Waals surface area contributed by atoms with Crippen LogP contribution >= 0.6 is 0 Å². The van der Waals surface area contributed by atoms with Crippen LogP contribution in [0, 0.1) is 6.92 Å². The fourth-order valence-corrected chi connectivity index (χ4v) is 4.64. The van der Waals surface area contributed by atoms with Crippen molar-refractivity contribution >= 4 is 11.8 Å². The molecule has 3 aromatic carbocycles. The monoisotopic (exact) mass is 470 g/mol. The highest BCUT2D eigenvalue weighted by molar-refractivity contribution is 5.88. The van der Waals surface area contributed by atoms with Gasteiger partial charge in [-0.2, -0.15) is 0 Å². The average molecular weight is 471 g/mol. The lowest BCUT2D eigenvalue weighted by Gasteiger charge is -2.32. The van der Waals surface area contributed by atoms with Crippen molar-refractivity contribution in [2.75, 3.05) is 6.61 Å². The zero-order valence-electron chi connectivity index (χ0n) is 20.4. The van der Waals surface area contributed by atoms with Gasteiger partial charge in [-0.25, -0.2) is 0 Å². The van der Waals surface area contributed by atoms with Gasteiger partial charge in [0, 0.05) is 19.0 Å². The first-order valence-electron chi connectivity index (χ1n) is 12.5. The van der Waals surface area contributed by atoms with Gasteiger partial charge in [-0.05, 0) is 48.6 Å². The van der Waals surface area contributed by atoms with Crippen molar-refractivity contribution in [3.63, 3.8) is 0 Å². The summed E-state index contributed by atoms with van der Waals surface area (Å²) in [6.07, 6.45) is 4.69. The van der Waals surface area contributed by atoms with Crippen LogP contribution < -0.4 is 10.1 Å². The highest BCUT2D eigenvalue weighted by Gasteiger charge is 2.32. The van der Waals surface area contributed by atoms with E-state index in [0.29, 0.717) is 18.7 Å². The summed E-state index contributed by atoms with van der Waals surface area (Å²) in [6.45, 7) is 2.25. The zero-order chi connectivity index (χ0) is 24.5. The summed E-state index contributed by atoms with van der Waals surface area (Å²) in [7, 11) is 0. The van der Waals surface area contributed by atoms with E-state index in [1.54, 1.807) is 4.90 Å². The third kappa shape index (κ3) is 6.95.